The van der Waals surface area contributed by atoms with Gasteiger partial charge in [-0.3, -0.25) is 14.7 Å². The van der Waals surface area contributed by atoms with Gasteiger partial charge in [0.15, 0.2) is 0 Å². The summed E-state index contributed by atoms with van der Waals surface area (Å²) in [7, 11) is 0. The second-order valence-corrected chi connectivity index (χ2v) is 15.9. The van der Waals surface area contributed by atoms with E-state index in [1.54, 1.807) is 0 Å². The first-order valence-electron chi connectivity index (χ1n) is 21.0. The topological polar surface area (TPSA) is 9.72 Å². The van der Waals surface area contributed by atoms with Gasteiger partial charge < -0.3 is 0 Å². The van der Waals surface area contributed by atoms with Crippen molar-refractivity contribution in [2.24, 2.45) is 35.5 Å². The molecule has 46 heavy (non-hydrogen) atoms. The Labute approximate surface area is 295 Å². The highest BCUT2D eigenvalue weighted by atomic mass is 15.2. The molecule has 0 aromatic rings. The lowest BCUT2D eigenvalue weighted by molar-refractivity contribution is 0.156. The standard InChI is InChI=1S/2C11H21N.C9H17N.6C2H6/c2*1-11(2,3)12-7-9-5-4-6-10(9)8-12;1-9(2,3)10-5-7-4-8(7)6-10;6*1-2/h2*9-10H,4-8H2,1-3H3;7-8H,4-6H2,1-3H3;6*1-2H3. The molecule has 6 unspecified atom stereocenters. The number of piperidine rings is 1. The third-order valence-corrected chi connectivity index (χ3v) is 10.3. The van der Waals surface area contributed by atoms with E-state index in [9.17, 15) is 0 Å². The molecule has 0 aromatic carbocycles. The molecule has 282 valence electrons. The number of nitrogens with zero attached hydrogens (tertiary/aromatic N) is 3. The average molecular weight is 654 g/mol. The number of hydrogen-bond donors (Lipinski definition) is 0. The molecule has 3 heterocycles. The molecule has 6 rings (SSSR count). The Morgan fingerprint density at radius 3 is 0.630 bits per heavy atom. The van der Waals surface area contributed by atoms with E-state index in [4.69, 9.17) is 0 Å². The minimum Gasteiger partial charge on any atom is -0.298 e. The van der Waals surface area contributed by atoms with Crippen LogP contribution in [-0.4, -0.2) is 70.6 Å². The zero-order chi connectivity index (χ0) is 36.9. The first kappa shape index (κ1) is 50.3. The summed E-state index contributed by atoms with van der Waals surface area (Å²) >= 11 is 0. The normalized spacial score (nSPS) is 28.9. The molecule has 3 aliphatic carbocycles. The van der Waals surface area contributed by atoms with E-state index >= 15 is 0 Å². The molecule has 0 spiro atoms. The summed E-state index contributed by atoms with van der Waals surface area (Å²) in [4.78, 5) is 7.95. The first-order chi connectivity index (χ1) is 21.7. The van der Waals surface area contributed by atoms with Crippen molar-refractivity contribution in [3.63, 3.8) is 0 Å². The van der Waals surface area contributed by atoms with Crippen LogP contribution in [0.1, 0.15) is 190 Å². The summed E-state index contributed by atoms with van der Waals surface area (Å²) in [6.45, 7) is 53.2. The molecule has 3 saturated carbocycles. The summed E-state index contributed by atoms with van der Waals surface area (Å²) < 4.78 is 0. The molecule has 0 radical (unpaired) electrons. The molecular weight excluding hydrogens is 558 g/mol. The summed E-state index contributed by atoms with van der Waals surface area (Å²) in [5.74, 6) is 6.35. The van der Waals surface area contributed by atoms with Gasteiger partial charge in [0.1, 0.15) is 0 Å². The predicted molar refractivity (Wildman–Crippen MR) is 215 cm³/mol. The molecule has 0 aromatic heterocycles. The second-order valence-electron chi connectivity index (χ2n) is 15.9. The third kappa shape index (κ3) is 17.5. The van der Waals surface area contributed by atoms with Gasteiger partial charge in [-0.1, -0.05) is 95.9 Å². The van der Waals surface area contributed by atoms with Crippen molar-refractivity contribution in [1.82, 2.24) is 14.7 Å². The highest BCUT2D eigenvalue weighted by molar-refractivity contribution is 5.00. The quantitative estimate of drug-likeness (QED) is 0.257. The molecular formula is C43H95N3. The van der Waals surface area contributed by atoms with Crippen LogP contribution in [0.5, 0.6) is 0 Å². The van der Waals surface area contributed by atoms with Crippen molar-refractivity contribution in [1.29, 1.82) is 0 Å². The molecule has 3 saturated heterocycles. The molecule has 3 heteroatoms. The Hall–Kier alpha value is -0.120. The minimum atomic E-state index is 0.407. The molecule has 6 atom stereocenters. The van der Waals surface area contributed by atoms with Crippen molar-refractivity contribution in [3.05, 3.63) is 0 Å². The summed E-state index contributed by atoms with van der Waals surface area (Å²) in [6.07, 6.45) is 10.5. The minimum absolute atomic E-state index is 0.407. The summed E-state index contributed by atoms with van der Waals surface area (Å²) in [6, 6.07) is 0. The van der Waals surface area contributed by atoms with Gasteiger partial charge in [0.2, 0.25) is 0 Å². The summed E-state index contributed by atoms with van der Waals surface area (Å²) in [5, 5.41) is 0. The van der Waals surface area contributed by atoms with Crippen molar-refractivity contribution in [3.8, 4) is 0 Å². The van der Waals surface area contributed by atoms with Crippen molar-refractivity contribution in [2.45, 2.75) is 207 Å². The Morgan fingerprint density at radius 1 is 0.304 bits per heavy atom. The zero-order valence-corrected chi connectivity index (χ0v) is 36.5. The van der Waals surface area contributed by atoms with Crippen molar-refractivity contribution in [2.75, 3.05) is 39.3 Å². The lowest BCUT2D eigenvalue weighted by Crippen LogP contribution is -2.40. The summed E-state index contributed by atoms with van der Waals surface area (Å²) in [5.41, 5.74) is 1.24. The van der Waals surface area contributed by atoms with Gasteiger partial charge in [-0.25, -0.2) is 0 Å². The molecule has 0 bridgehead atoms. The van der Waals surface area contributed by atoms with Gasteiger partial charge in [-0.15, -0.1) is 0 Å². The van der Waals surface area contributed by atoms with Gasteiger partial charge >= 0.3 is 0 Å². The molecule has 0 amide bonds. The van der Waals surface area contributed by atoms with Gasteiger partial charge in [0.25, 0.3) is 0 Å². The van der Waals surface area contributed by atoms with Crippen LogP contribution in [-0.2, 0) is 0 Å². The Morgan fingerprint density at radius 2 is 0.478 bits per heavy atom. The number of hydrogen-bond acceptors (Lipinski definition) is 3. The Bertz CT molecular complexity index is 593. The molecule has 6 fully saturated rings. The molecule has 6 aliphatic rings. The van der Waals surface area contributed by atoms with Crippen LogP contribution in [0.3, 0.4) is 0 Å². The second kappa shape index (κ2) is 25.8. The van der Waals surface area contributed by atoms with E-state index in [2.05, 4.69) is 77.0 Å². The van der Waals surface area contributed by atoms with Gasteiger partial charge in [-0.05, 0) is 130 Å². The maximum Gasteiger partial charge on any atom is 0.0125 e. The van der Waals surface area contributed by atoms with Crippen LogP contribution >= 0.6 is 0 Å². The fourth-order valence-corrected chi connectivity index (χ4v) is 7.51. The smallest absolute Gasteiger partial charge is 0.0125 e. The predicted octanol–water partition coefficient (Wildman–Crippen LogP) is 12.9. The zero-order valence-electron chi connectivity index (χ0n) is 36.5. The number of likely N-dealkylation sites (tertiary alicyclic amines) is 3. The van der Waals surface area contributed by atoms with E-state index in [1.165, 1.54) is 84.2 Å². The number of fused-ring (bicyclic) bond motifs is 3. The van der Waals surface area contributed by atoms with Crippen molar-refractivity contribution >= 4 is 0 Å². The van der Waals surface area contributed by atoms with E-state index in [1.807, 2.05) is 83.1 Å². The number of rotatable bonds is 0. The first-order valence-corrected chi connectivity index (χ1v) is 21.0. The van der Waals surface area contributed by atoms with Gasteiger partial charge in [-0.2, -0.15) is 0 Å². The highest BCUT2D eigenvalue weighted by Gasteiger charge is 2.47. The van der Waals surface area contributed by atoms with Crippen LogP contribution in [0.4, 0.5) is 0 Å². The molecule has 3 aliphatic heterocycles. The monoisotopic (exact) mass is 654 g/mol. The Kier molecular flexibility index (Phi) is 28.2. The molecule has 3 nitrogen and oxygen atoms in total. The van der Waals surface area contributed by atoms with Crippen LogP contribution in [0.2, 0.25) is 0 Å². The van der Waals surface area contributed by atoms with Crippen LogP contribution in [0.15, 0.2) is 0 Å². The van der Waals surface area contributed by atoms with Crippen LogP contribution < -0.4 is 0 Å². The highest BCUT2D eigenvalue weighted by Crippen LogP contribution is 2.47. The maximum atomic E-state index is 2.67. The lowest BCUT2D eigenvalue weighted by Gasteiger charge is -2.32. The lowest BCUT2D eigenvalue weighted by atomic mass is 10.0. The van der Waals surface area contributed by atoms with E-state index in [-0.39, 0.29) is 0 Å². The van der Waals surface area contributed by atoms with Crippen LogP contribution in [0, 0.1) is 35.5 Å². The SMILES string of the molecule is CC.CC.CC.CC.CC.CC.CC(C)(C)N1CC2CC2C1.CC(C)(C)N1CC2CCCC2C1.CC(C)(C)N1CC2CCCC2C1. The fraction of sp³-hybridized carbons (Fsp3) is 1.00. The average Bonchev–Trinajstić information content (AvgIpc) is 3.66. The van der Waals surface area contributed by atoms with E-state index < -0.39 is 0 Å². The van der Waals surface area contributed by atoms with Crippen molar-refractivity contribution < 1.29 is 0 Å². The maximum absolute atomic E-state index is 2.67. The van der Waals surface area contributed by atoms with Crippen LogP contribution in [0.25, 0.3) is 0 Å². The van der Waals surface area contributed by atoms with E-state index in [0.29, 0.717) is 16.6 Å². The Balaban J connectivity index is -0.000000519. The molecule has 0 N–H and O–H groups in total. The van der Waals surface area contributed by atoms with Gasteiger partial charge in [0.05, 0.1) is 0 Å². The third-order valence-electron chi connectivity index (χ3n) is 10.3. The van der Waals surface area contributed by atoms with Gasteiger partial charge in [0, 0.05) is 55.9 Å². The largest absolute Gasteiger partial charge is 0.298 e. The fourth-order valence-electron chi connectivity index (χ4n) is 7.51. The van der Waals surface area contributed by atoms with E-state index in [0.717, 1.165) is 35.5 Å².